The number of fused-ring (bicyclic) bond motifs is 1. The average molecular weight is 533 g/mol. The molecule has 2 heterocycles. The summed E-state index contributed by atoms with van der Waals surface area (Å²) >= 11 is 2.01. The van der Waals surface area contributed by atoms with Crippen LogP contribution in [-0.4, -0.2) is 26.0 Å². The van der Waals surface area contributed by atoms with Crippen molar-refractivity contribution in [3.05, 3.63) is 41.5 Å². The lowest BCUT2D eigenvalue weighted by atomic mass is 9.91. The number of anilines is 1. The van der Waals surface area contributed by atoms with Gasteiger partial charge in [-0.15, -0.1) is 0 Å². The maximum absolute atomic E-state index is 14.7. The van der Waals surface area contributed by atoms with Crippen LogP contribution in [-0.2, 0) is 0 Å². The van der Waals surface area contributed by atoms with Gasteiger partial charge in [0.05, 0.1) is 11.2 Å². The lowest BCUT2D eigenvalue weighted by molar-refractivity contribution is 0.407. The van der Waals surface area contributed by atoms with Gasteiger partial charge in [0.2, 0.25) is 0 Å². The van der Waals surface area contributed by atoms with E-state index < -0.39 is 17.5 Å². The highest BCUT2D eigenvalue weighted by atomic mass is 127. The fourth-order valence-corrected chi connectivity index (χ4v) is 5.14. The van der Waals surface area contributed by atoms with Gasteiger partial charge in [0.15, 0.2) is 23.3 Å². The fraction of sp³-hybridized carbons (Fsp3) is 0.368. The van der Waals surface area contributed by atoms with Crippen LogP contribution in [0.15, 0.2) is 18.3 Å². The summed E-state index contributed by atoms with van der Waals surface area (Å²) in [5, 5.41) is 3.49. The minimum absolute atomic E-state index is 0.0246. The highest BCUT2D eigenvalue weighted by Crippen LogP contribution is 2.36. The van der Waals surface area contributed by atoms with E-state index in [1.54, 1.807) is 17.1 Å². The molecule has 1 aliphatic carbocycles. The van der Waals surface area contributed by atoms with Crippen molar-refractivity contribution >= 4 is 47.0 Å². The average Bonchev–Trinajstić information content (AvgIpc) is 3.04. The van der Waals surface area contributed by atoms with Crippen LogP contribution in [0.2, 0.25) is 0 Å². The molecule has 1 saturated carbocycles. The van der Waals surface area contributed by atoms with E-state index in [0.717, 1.165) is 31.7 Å². The van der Waals surface area contributed by atoms with Crippen molar-refractivity contribution in [3.8, 4) is 11.4 Å². The Morgan fingerprint density at radius 1 is 1.24 bits per heavy atom. The standard InChI is InChI=1S/C19H19F3IN5S/c1-9-16(22)19(26-12-4-2-3-11(24)7-12)27-18(25-9)14-8-28(29-23)17-13(14)5-10(20)6-15(17)21/h5-6,8,11-12H,2-4,7,24H2,1H3,(H,25,26,27). The molecule has 29 heavy (non-hydrogen) atoms. The van der Waals surface area contributed by atoms with Gasteiger partial charge in [-0.25, -0.2) is 23.1 Å². The van der Waals surface area contributed by atoms with Crippen LogP contribution in [0, 0.1) is 24.4 Å². The minimum Gasteiger partial charge on any atom is -0.365 e. The first-order valence-electron chi connectivity index (χ1n) is 9.23. The number of aryl methyl sites for hydroxylation is 1. The van der Waals surface area contributed by atoms with E-state index in [1.165, 1.54) is 15.2 Å². The van der Waals surface area contributed by atoms with Gasteiger partial charge < -0.3 is 11.1 Å². The molecule has 0 radical (unpaired) electrons. The summed E-state index contributed by atoms with van der Waals surface area (Å²) in [5.74, 6) is -1.60. The highest BCUT2D eigenvalue weighted by molar-refractivity contribution is 14.2. The van der Waals surface area contributed by atoms with Gasteiger partial charge in [0.25, 0.3) is 0 Å². The summed E-state index contributed by atoms with van der Waals surface area (Å²) in [6, 6.07) is 2.19. The Bertz CT molecular complexity index is 1070. The van der Waals surface area contributed by atoms with Crippen LogP contribution in [0.5, 0.6) is 0 Å². The number of nitrogens with one attached hydrogen (secondary N) is 1. The normalized spacial score (nSPS) is 19.7. The van der Waals surface area contributed by atoms with Crippen molar-refractivity contribution in [2.24, 2.45) is 5.73 Å². The molecular weight excluding hydrogens is 514 g/mol. The molecule has 1 fully saturated rings. The van der Waals surface area contributed by atoms with Gasteiger partial charge in [0.1, 0.15) is 5.82 Å². The second-order valence-corrected chi connectivity index (χ2v) is 9.00. The summed E-state index contributed by atoms with van der Waals surface area (Å²) in [6.07, 6.45) is 5.18. The molecule has 2 unspecified atom stereocenters. The zero-order valence-electron chi connectivity index (χ0n) is 15.6. The predicted octanol–water partition coefficient (Wildman–Crippen LogP) is 5.35. The van der Waals surface area contributed by atoms with Crippen LogP contribution < -0.4 is 11.1 Å². The molecule has 2 aromatic heterocycles. The van der Waals surface area contributed by atoms with Crippen molar-refractivity contribution < 1.29 is 13.2 Å². The number of aromatic nitrogens is 3. The van der Waals surface area contributed by atoms with E-state index in [1.807, 2.05) is 21.2 Å². The lowest BCUT2D eigenvalue weighted by Gasteiger charge is -2.28. The SMILES string of the molecule is Cc1nc(-c2cn(SI)c3c(F)cc(F)cc23)nc(NC2CCCC(N)C2)c1F. The Kier molecular flexibility index (Phi) is 5.94. The molecule has 0 amide bonds. The van der Waals surface area contributed by atoms with Gasteiger partial charge in [-0.2, -0.15) is 0 Å². The molecule has 5 nitrogen and oxygen atoms in total. The van der Waals surface area contributed by atoms with E-state index in [2.05, 4.69) is 15.3 Å². The van der Waals surface area contributed by atoms with Crippen molar-refractivity contribution in [1.82, 2.24) is 13.9 Å². The van der Waals surface area contributed by atoms with Gasteiger partial charge in [-0.05, 0) is 38.7 Å². The summed E-state index contributed by atoms with van der Waals surface area (Å²) < 4.78 is 44.6. The molecule has 2 atom stereocenters. The largest absolute Gasteiger partial charge is 0.365 e. The maximum atomic E-state index is 14.7. The molecule has 3 aromatic rings. The van der Waals surface area contributed by atoms with Crippen LogP contribution in [0.1, 0.15) is 31.4 Å². The number of halogens is 4. The molecule has 1 aliphatic rings. The second-order valence-electron chi connectivity index (χ2n) is 7.28. The van der Waals surface area contributed by atoms with Crippen molar-refractivity contribution in [1.29, 1.82) is 0 Å². The zero-order valence-corrected chi connectivity index (χ0v) is 18.5. The molecule has 0 bridgehead atoms. The third-order valence-corrected chi connectivity index (χ3v) is 6.88. The first-order valence-corrected chi connectivity index (χ1v) is 12.5. The van der Waals surface area contributed by atoms with Crippen molar-refractivity contribution in [2.75, 3.05) is 5.32 Å². The first kappa shape index (κ1) is 20.7. The van der Waals surface area contributed by atoms with E-state index in [4.69, 9.17) is 5.73 Å². The highest BCUT2D eigenvalue weighted by Gasteiger charge is 2.23. The zero-order chi connectivity index (χ0) is 20.7. The maximum Gasteiger partial charge on any atom is 0.186 e. The Balaban J connectivity index is 1.81. The summed E-state index contributed by atoms with van der Waals surface area (Å²) in [7, 11) is 1.24. The van der Waals surface area contributed by atoms with Gasteiger partial charge in [0, 0.05) is 65.6 Å². The van der Waals surface area contributed by atoms with Crippen molar-refractivity contribution in [2.45, 2.75) is 44.7 Å². The monoisotopic (exact) mass is 533 g/mol. The fourth-order valence-electron chi connectivity index (χ4n) is 3.81. The second kappa shape index (κ2) is 8.31. The smallest absolute Gasteiger partial charge is 0.186 e. The van der Waals surface area contributed by atoms with E-state index in [-0.39, 0.29) is 34.9 Å². The molecule has 154 valence electrons. The van der Waals surface area contributed by atoms with E-state index in [9.17, 15) is 13.2 Å². The molecule has 0 spiro atoms. The third-order valence-electron chi connectivity index (χ3n) is 5.17. The number of hydrogen-bond donors (Lipinski definition) is 2. The third kappa shape index (κ3) is 4.06. The molecule has 0 saturated heterocycles. The minimum atomic E-state index is -0.694. The summed E-state index contributed by atoms with van der Waals surface area (Å²) in [5.41, 5.74) is 6.87. The van der Waals surface area contributed by atoms with Crippen LogP contribution in [0.3, 0.4) is 0 Å². The van der Waals surface area contributed by atoms with Gasteiger partial charge >= 0.3 is 0 Å². The number of nitrogens with two attached hydrogens (primary N) is 1. The van der Waals surface area contributed by atoms with E-state index >= 15 is 0 Å². The lowest BCUT2D eigenvalue weighted by Crippen LogP contribution is -2.35. The van der Waals surface area contributed by atoms with Crippen LogP contribution in [0.4, 0.5) is 19.0 Å². The summed E-state index contributed by atoms with van der Waals surface area (Å²) in [6.45, 7) is 1.55. The van der Waals surface area contributed by atoms with Crippen LogP contribution in [0.25, 0.3) is 22.3 Å². The molecule has 3 N–H and O–H groups in total. The van der Waals surface area contributed by atoms with Crippen LogP contribution >= 0.6 is 30.3 Å². The Morgan fingerprint density at radius 2 is 2.03 bits per heavy atom. The first-order chi connectivity index (χ1) is 13.9. The molecule has 1 aromatic carbocycles. The molecular formula is C19H19F3IN5S. The van der Waals surface area contributed by atoms with Gasteiger partial charge in [-0.1, -0.05) is 0 Å². The Labute approximate surface area is 182 Å². The Hall–Kier alpha value is -1.53. The van der Waals surface area contributed by atoms with Gasteiger partial charge in [-0.3, -0.25) is 3.97 Å². The topological polar surface area (TPSA) is 68.8 Å². The van der Waals surface area contributed by atoms with E-state index in [0.29, 0.717) is 10.9 Å². The Morgan fingerprint density at radius 3 is 2.76 bits per heavy atom. The number of hydrogen-bond acceptors (Lipinski definition) is 5. The number of nitrogens with zero attached hydrogens (tertiary/aromatic N) is 3. The number of rotatable bonds is 4. The summed E-state index contributed by atoms with van der Waals surface area (Å²) in [4.78, 5) is 8.62. The molecule has 0 aliphatic heterocycles. The molecule has 4 rings (SSSR count). The predicted molar refractivity (Wildman–Crippen MR) is 118 cm³/mol. The molecule has 10 heteroatoms. The quantitative estimate of drug-likeness (QED) is 0.443. The van der Waals surface area contributed by atoms with Crippen molar-refractivity contribution in [3.63, 3.8) is 0 Å². The number of benzene rings is 1.